The Morgan fingerprint density at radius 3 is 2.45 bits per heavy atom. The van der Waals surface area contributed by atoms with Crippen LogP contribution in [0.5, 0.6) is 0 Å². The van der Waals surface area contributed by atoms with Crippen molar-refractivity contribution in [2.24, 2.45) is 0 Å². The van der Waals surface area contributed by atoms with E-state index in [0.29, 0.717) is 0 Å². The normalized spacial score (nSPS) is 17.3. The summed E-state index contributed by atoms with van der Waals surface area (Å²) < 4.78 is 0. The van der Waals surface area contributed by atoms with E-state index in [1.807, 2.05) is 11.1 Å². The van der Waals surface area contributed by atoms with Gasteiger partial charge in [0.05, 0.1) is 0 Å². The molecule has 4 nitrogen and oxygen atoms in total. The van der Waals surface area contributed by atoms with Crippen molar-refractivity contribution < 1.29 is 4.79 Å². The zero-order valence-corrected chi connectivity index (χ0v) is 13.0. The molecule has 1 aliphatic rings. The molecule has 0 spiro atoms. The summed E-state index contributed by atoms with van der Waals surface area (Å²) in [6.07, 6.45) is 1.90. The van der Waals surface area contributed by atoms with Crippen LogP contribution >= 0.6 is 0 Å². The second-order valence-electron chi connectivity index (χ2n) is 6.58. The number of pyridine rings is 1. The highest BCUT2D eigenvalue weighted by atomic mass is 16.2. The number of amides is 1. The molecule has 0 radical (unpaired) electrons. The van der Waals surface area contributed by atoms with Gasteiger partial charge in [-0.25, -0.2) is 0 Å². The first-order valence-electron chi connectivity index (χ1n) is 7.29. The van der Waals surface area contributed by atoms with E-state index >= 15 is 0 Å². The van der Waals surface area contributed by atoms with Gasteiger partial charge in [-0.3, -0.25) is 14.7 Å². The molecule has 0 bridgehead atoms. The highest BCUT2D eigenvalue weighted by Gasteiger charge is 2.20. The molecule has 1 saturated heterocycles. The van der Waals surface area contributed by atoms with Crippen LogP contribution in [0.2, 0.25) is 0 Å². The Labute approximate surface area is 121 Å². The second-order valence-corrected chi connectivity index (χ2v) is 6.58. The van der Waals surface area contributed by atoms with E-state index in [1.54, 1.807) is 6.92 Å². The Morgan fingerprint density at radius 2 is 1.90 bits per heavy atom. The molecule has 110 valence electrons. The maximum absolute atomic E-state index is 11.3. The van der Waals surface area contributed by atoms with Crippen molar-refractivity contribution in [2.45, 2.75) is 39.7 Å². The predicted octanol–water partition coefficient (Wildman–Crippen LogP) is 2.04. The SMILES string of the molecule is CC(=O)N1CCN(Cc2ccnc(C(C)(C)C)c2)CC1. The van der Waals surface area contributed by atoms with E-state index < -0.39 is 0 Å². The molecule has 1 aromatic heterocycles. The van der Waals surface area contributed by atoms with Gasteiger partial charge in [-0.15, -0.1) is 0 Å². The number of aromatic nitrogens is 1. The van der Waals surface area contributed by atoms with Gasteiger partial charge in [-0.05, 0) is 17.7 Å². The molecular formula is C16H25N3O. The van der Waals surface area contributed by atoms with Crippen LogP contribution in [-0.2, 0) is 16.8 Å². The van der Waals surface area contributed by atoms with E-state index in [0.717, 1.165) is 38.4 Å². The molecule has 1 aliphatic heterocycles. The van der Waals surface area contributed by atoms with Crippen molar-refractivity contribution in [3.8, 4) is 0 Å². The fourth-order valence-corrected chi connectivity index (χ4v) is 2.46. The van der Waals surface area contributed by atoms with Gasteiger partial charge in [0.15, 0.2) is 0 Å². The molecule has 0 N–H and O–H groups in total. The molecule has 2 heterocycles. The smallest absolute Gasteiger partial charge is 0.219 e. The largest absolute Gasteiger partial charge is 0.340 e. The summed E-state index contributed by atoms with van der Waals surface area (Å²) in [4.78, 5) is 20.1. The molecule has 4 heteroatoms. The van der Waals surface area contributed by atoms with Crippen molar-refractivity contribution in [2.75, 3.05) is 26.2 Å². The van der Waals surface area contributed by atoms with E-state index in [9.17, 15) is 4.79 Å². The number of hydrogen-bond donors (Lipinski definition) is 0. The van der Waals surface area contributed by atoms with Crippen molar-refractivity contribution in [1.82, 2.24) is 14.8 Å². The third-order valence-corrected chi connectivity index (χ3v) is 3.82. The van der Waals surface area contributed by atoms with Crippen LogP contribution in [0.3, 0.4) is 0 Å². The molecular weight excluding hydrogens is 250 g/mol. The molecule has 2 rings (SSSR count). The Hall–Kier alpha value is -1.42. The van der Waals surface area contributed by atoms with Gasteiger partial charge in [0.1, 0.15) is 0 Å². The van der Waals surface area contributed by atoms with Crippen LogP contribution in [0, 0.1) is 0 Å². The van der Waals surface area contributed by atoms with E-state index in [-0.39, 0.29) is 11.3 Å². The third kappa shape index (κ3) is 3.79. The lowest BCUT2D eigenvalue weighted by Gasteiger charge is -2.34. The summed E-state index contributed by atoms with van der Waals surface area (Å²) in [6, 6.07) is 4.30. The van der Waals surface area contributed by atoms with Gasteiger partial charge in [0.25, 0.3) is 0 Å². The van der Waals surface area contributed by atoms with Gasteiger partial charge < -0.3 is 4.90 Å². The summed E-state index contributed by atoms with van der Waals surface area (Å²) in [5.41, 5.74) is 2.53. The van der Waals surface area contributed by atoms with E-state index in [2.05, 4.69) is 42.8 Å². The first-order valence-corrected chi connectivity index (χ1v) is 7.29. The Balaban J connectivity index is 1.96. The fourth-order valence-electron chi connectivity index (χ4n) is 2.46. The number of piperazine rings is 1. The predicted molar refractivity (Wildman–Crippen MR) is 80.5 cm³/mol. The van der Waals surface area contributed by atoms with Crippen LogP contribution in [0.15, 0.2) is 18.3 Å². The van der Waals surface area contributed by atoms with Crippen molar-refractivity contribution >= 4 is 5.91 Å². The maximum atomic E-state index is 11.3. The zero-order chi connectivity index (χ0) is 14.8. The topological polar surface area (TPSA) is 36.4 Å². The lowest BCUT2D eigenvalue weighted by Crippen LogP contribution is -2.47. The second kappa shape index (κ2) is 5.92. The minimum absolute atomic E-state index is 0.0866. The van der Waals surface area contributed by atoms with Crippen LogP contribution in [0.25, 0.3) is 0 Å². The van der Waals surface area contributed by atoms with E-state index in [1.165, 1.54) is 5.56 Å². The highest BCUT2D eigenvalue weighted by Crippen LogP contribution is 2.21. The van der Waals surface area contributed by atoms with Crippen LogP contribution < -0.4 is 0 Å². The molecule has 1 fully saturated rings. The first-order chi connectivity index (χ1) is 9.36. The number of carbonyl (C=O) groups excluding carboxylic acids is 1. The Bertz CT molecular complexity index is 471. The summed E-state index contributed by atoms with van der Waals surface area (Å²) in [5, 5.41) is 0. The lowest BCUT2D eigenvalue weighted by atomic mass is 9.91. The number of hydrogen-bond acceptors (Lipinski definition) is 3. The molecule has 1 aromatic rings. The Morgan fingerprint density at radius 1 is 1.25 bits per heavy atom. The van der Waals surface area contributed by atoms with Crippen LogP contribution in [0.1, 0.15) is 39.0 Å². The summed E-state index contributed by atoms with van der Waals surface area (Å²) in [6.45, 7) is 12.7. The van der Waals surface area contributed by atoms with Crippen molar-refractivity contribution in [3.05, 3.63) is 29.6 Å². The quantitative estimate of drug-likeness (QED) is 0.829. The summed E-state index contributed by atoms with van der Waals surface area (Å²) >= 11 is 0. The average molecular weight is 275 g/mol. The van der Waals surface area contributed by atoms with Crippen LogP contribution in [-0.4, -0.2) is 46.9 Å². The van der Waals surface area contributed by atoms with Gasteiger partial charge >= 0.3 is 0 Å². The Kier molecular flexibility index (Phi) is 4.43. The third-order valence-electron chi connectivity index (χ3n) is 3.82. The standard InChI is InChI=1S/C16H25N3O/c1-13(20)19-9-7-18(8-10-19)12-14-5-6-17-15(11-14)16(2,3)4/h5-6,11H,7-10,12H2,1-4H3. The maximum Gasteiger partial charge on any atom is 0.219 e. The zero-order valence-electron chi connectivity index (χ0n) is 13.0. The first kappa shape index (κ1) is 15.0. The molecule has 20 heavy (non-hydrogen) atoms. The fraction of sp³-hybridized carbons (Fsp3) is 0.625. The number of rotatable bonds is 2. The summed E-state index contributed by atoms with van der Waals surface area (Å²) in [5.74, 6) is 0.184. The number of nitrogens with zero attached hydrogens (tertiary/aromatic N) is 3. The van der Waals surface area contributed by atoms with Crippen molar-refractivity contribution in [3.63, 3.8) is 0 Å². The molecule has 1 amide bonds. The van der Waals surface area contributed by atoms with Gasteiger partial charge in [-0.1, -0.05) is 20.8 Å². The summed E-state index contributed by atoms with van der Waals surface area (Å²) in [7, 11) is 0. The molecule has 0 saturated carbocycles. The van der Waals surface area contributed by atoms with Gasteiger partial charge in [-0.2, -0.15) is 0 Å². The van der Waals surface area contributed by atoms with E-state index in [4.69, 9.17) is 0 Å². The van der Waals surface area contributed by atoms with Crippen LogP contribution in [0.4, 0.5) is 0 Å². The van der Waals surface area contributed by atoms with Crippen molar-refractivity contribution in [1.29, 1.82) is 0 Å². The van der Waals surface area contributed by atoms with Gasteiger partial charge in [0.2, 0.25) is 5.91 Å². The number of carbonyl (C=O) groups is 1. The molecule has 0 unspecified atom stereocenters. The molecule has 0 atom stereocenters. The lowest BCUT2D eigenvalue weighted by molar-refractivity contribution is -0.130. The molecule has 0 aromatic carbocycles. The highest BCUT2D eigenvalue weighted by molar-refractivity contribution is 5.73. The molecule has 0 aliphatic carbocycles. The monoisotopic (exact) mass is 275 g/mol. The minimum Gasteiger partial charge on any atom is -0.340 e. The minimum atomic E-state index is 0.0866. The average Bonchev–Trinajstić information content (AvgIpc) is 2.38. The van der Waals surface area contributed by atoms with Gasteiger partial charge in [0, 0.05) is 57.0 Å².